The van der Waals surface area contributed by atoms with Gasteiger partial charge in [-0.1, -0.05) is 23.2 Å². The zero-order chi connectivity index (χ0) is 16.3. The topological polar surface area (TPSA) is 104 Å². The molecule has 0 aromatic carbocycles. The number of ether oxygens (including phenoxy) is 1. The highest BCUT2D eigenvalue weighted by Gasteiger charge is 2.50. The number of hydrogen-bond acceptors (Lipinski definition) is 5. The van der Waals surface area contributed by atoms with E-state index in [9.17, 15) is 19.5 Å². The van der Waals surface area contributed by atoms with Gasteiger partial charge in [0.05, 0.1) is 25.2 Å². The molecule has 1 rings (SSSR count). The number of aliphatic carboxylic acids is 1. The van der Waals surface area contributed by atoms with Crippen LogP contribution in [0.2, 0.25) is 0 Å². The fourth-order valence-electron chi connectivity index (χ4n) is 2.21. The molecule has 1 fully saturated rings. The summed E-state index contributed by atoms with van der Waals surface area (Å²) in [7, 11) is 1.14. The first-order valence-electron chi connectivity index (χ1n) is 6.03. The monoisotopic (exact) mass is 339 g/mol. The molecule has 0 aromatic heterocycles. The van der Waals surface area contributed by atoms with E-state index in [1.54, 1.807) is 0 Å². The molecule has 0 radical (unpaired) electrons. The predicted molar refractivity (Wildman–Crippen MR) is 73.7 cm³/mol. The van der Waals surface area contributed by atoms with Crippen LogP contribution >= 0.6 is 23.2 Å². The first kappa shape index (κ1) is 17.7. The molecule has 1 aliphatic heterocycles. The number of β-lactam (4-membered cyclic amide) rings is 1. The molecule has 1 aliphatic rings. The Hall–Kier alpha value is -1.31. The third-order valence-electron chi connectivity index (χ3n) is 3.20. The number of carbonyl (C=O) groups excluding carboxylic acids is 2. The highest BCUT2D eigenvalue weighted by Crippen LogP contribution is 2.35. The van der Waals surface area contributed by atoms with Crippen molar-refractivity contribution in [3.05, 3.63) is 10.1 Å². The second-order valence-electron chi connectivity index (χ2n) is 4.61. The normalized spacial score (nSPS) is 24.0. The van der Waals surface area contributed by atoms with Crippen LogP contribution < -0.4 is 0 Å². The smallest absolute Gasteiger partial charge is 0.350 e. The van der Waals surface area contributed by atoms with Crippen molar-refractivity contribution in [2.24, 2.45) is 5.92 Å². The summed E-state index contributed by atoms with van der Waals surface area (Å²) in [4.78, 5) is 34.9. The quantitative estimate of drug-likeness (QED) is 0.415. The van der Waals surface area contributed by atoms with E-state index in [2.05, 4.69) is 4.74 Å². The van der Waals surface area contributed by atoms with Gasteiger partial charge in [-0.15, -0.1) is 0 Å². The van der Waals surface area contributed by atoms with Crippen LogP contribution in [0.1, 0.15) is 13.3 Å². The molecule has 3 atom stereocenters. The number of rotatable bonds is 6. The lowest BCUT2D eigenvalue weighted by molar-refractivity contribution is -0.169. The van der Waals surface area contributed by atoms with Crippen molar-refractivity contribution in [2.45, 2.75) is 25.5 Å². The number of methoxy groups -OCH3 is 1. The number of amides is 1. The van der Waals surface area contributed by atoms with E-state index in [1.165, 1.54) is 6.92 Å². The standard InChI is InChI=1S/C12H15Cl2NO6/c1-5(16)9-7(15(11(9)19)4-8(17)18)3-6(13)10(14)12(20)21-2/h5,7,9,16H,3-4H2,1-2H3,(H,17,18)/b10-6+/t5-,7-,9+/m1/s1. The SMILES string of the molecule is COC(=O)/C(Cl)=C(\Cl)C[C@@H]1[C@H]([C@@H](C)O)C(=O)N1CC(=O)O. The zero-order valence-electron chi connectivity index (χ0n) is 11.4. The molecule has 1 amide bonds. The van der Waals surface area contributed by atoms with Gasteiger partial charge in [0, 0.05) is 11.5 Å². The van der Waals surface area contributed by atoms with E-state index in [0.29, 0.717) is 0 Å². The van der Waals surface area contributed by atoms with Crippen LogP contribution in [0.3, 0.4) is 0 Å². The number of nitrogens with zero attached hydrogens (tertiary/aromatic N) is 1. The van der Waals surface area contributed by atoms with Crippen molar-refractivity contribution in [1.82, 2.24) is 4.90 Å². The minimum Gasteiger partial charge on any atom is -0.480 e. The highest BCUT2D eigenvalue weighted by atomic mass is 35.5. The average Bonchev–Trinajstić information content (AvgIpc) is 2.41. The maximum Gasteiger partial charge on any atom is 0.350 e. The van der Waals surface area contributed by atoms with Crippen LogP contribution in [-0.2, 0) is 19.1 Å². The van der Waals surface area contributed by atoms with E-state index in [-0.39, 0.29) is 16.5 Å². The molecule has 0 spiro atoms. The van der Waals surface area contributed by atoms with Crippen LogP contribution in [0, 0.1) is 5.92 Å². The van der Waals surface area contributed by atoms with E-state index in [1.807, 2.05) is 0 Å². The molecule has 0 bridgehead atoms. The number of likely N-dealkylation sites (tertiary alicyclic amines) is 1. The number of carboxylic acids is 1. The Morgan fingerprint density at radius 1 is 1.43 bits per heavy atom. The van der Waals surface area contributed by atoms with E-state index >= 15 is 0 Å². The number of carboxylic acid groups (broad SMARTS) is 1. The van der Waals surface area contributed by atoms with Crippen molar-refractivity contribution in [3.63, 3.8) is 0 Å². The van der Waals surface area contributed by atoms with E-state index in [4.69, 9.17) is 28.3 Å². The molecular formula is C12H15Cl2NO6. The number of aliphatic hydroxyl groups excluding tert-OH is 1. The molecule has 1 saturated heterocycles. The van der Waals surface area contributed by atoms with Crippen LogP contribution in [0.15, 0.2) is 10.1 Å². The predicted octanol–water partition coefficient (Wildman–Crippen LogP) is 0.531. The highest BCUT2D eigenvalue weighted by molar-refractivity contribution is 6.47. The molecule has 0 aliphatic carbocycles. The number of esters is 1. The van der Waals surface area contributed by atoms with Gasteiger partial charge in [0.25, 0.3) is 0 Å². The summed E-state index contributed by atoms with van der Waals surface area (Å²) in [6.45, 7) is 0.917. The summed E-state index contributed by atoms with van der Waals surface area (Å²) in [5.74, 6) is -3.27. The number of halogens is 2. The van der Waals surface area contributed by atoms with E-state index < -0.39 is 42.5 Å². The minimum atomic E-state index is -1.18. The Balaban J connectivity index is 2.92. The first-order valence-corrected chi connectivity index (χ1v) is 6.79. The number of aliphatic hydroxyl groups is 1. The van der Waals surface area contributed by atoms with Crippen molar-refractivity contribution in [2.75, 3.05) is 13.7 Å². The Morgan fingerprint density at radius 3 is 2.43 bits per heavy atom. The van der Waals surface area contributed by atoms with Gasteiger partial charge >= 0.3 is 11.9 Å². The van der Waals surface area contributed by atoms with Gasteiger partial charge in [-0.25, -0.2) is 4.79 Å². The van der Waals surface area contributed by atoms with E-state index in [0.717, 1.165) is 12.0 Å². The van der Waals surface area contributed by atoms with Crippen LogP contribution in [0.4, 0.5) is 0 Å². The Labute approximate surface area is 131 Å². The number of carbonyl (C=O) groups is 3. The molecule has 9 heteroatoms. The molecule has 2 N–H and O–H groups in total. The maximum atomic E-state index is 11.8. The summed E-state index contributed by atoms with van der Waals surface area (Å²) in [5.41, 5.74) is 0. The lowest BCUT2D eigenvalue weighted by atomic mass is 9.81. The van der Waals surface area contributed by atoms with Gasteiger partial charge in [-0.2, -0.15) is 0 Å². The molecule has 0 saturated carbocycles. The molecule has 0 aromatic rings. The minimum absolute atomic E-state index is 0.0376. The lowest BCUT2D eigenvalue weighted by Crippen LogP contribution is -2.65. The zero-order valence-corrected chi connectivity index (χ0v) is 12.9. The molecule has 21 heavy (non-hydrogen) atoms. The fourth-order valence-corrected chi connectivity index (χ4v) is 2.60. The first-order chi connectivity index (χ1) is 9.70. The van der Waals surface area contributed by atoms with Gasteiger partial charge < -0.3 is 19.8 Å². The van der Waals surface area contributed by atoms with Crippen LogP contribution in [0.5, 0.6) is 0 Å². The Kier molecular flexibility index (Phi) is 6.00. The lowest BCUT2D eigenvalue weighted by Gasteiger charge is -2.47. The summed E-state index contributed by atoms with van der Waals surface area (Å²) < 4.78 is 4.42. The summed E-state index contributed by atoms with van der Waals surface area (Å²) >= 11 is 11.6. The fraction of sp³-hybridized carbons (Fsp3) is 0.583. The van der Waals surface area contributed by atoms with Gasteiger partial charge in [-0.3, -0.25) is 9.59 Å². The third kappa shape index (κ3) is 3.87. The van der Waals surface area contributed by atoms with Gasteiger partial charge in [-0.05, 0) is 6.92 Å². The van der Waals surface area contributed by atoms with Gasteiger partial charge in [0.2, 0.25) is 5.91 Å². The van der Waals surface area contributed by atoms with Gasteiger partial charge in [0.15, 0.2) is 0 Å². The van der Waals surface area contributed by atoms with Crippen LogP contribution in [-0.4, -0.2) is 58.8 Å². The Bertz CT molecular complexity index is 490. The third-order valence-corrected chi connectivity index (χ3v) is 4.02. The molecule has 0 unspecified atom stereocenters. The summed E-state index contributed by atoms with van der Waals surface area (Å²) in [5, 5.41) is 18.0. The Morgan fingerprint density at radius 2 is 2.00 bits per heavy atom. The average molecular weight is 340 g/mol. The van der Waals surface area contributed by atoms with Crippen LogP contribution in [0.25, 0.3) is 0 Å². The van der Waals surface area contributed by atoms with Crippen molar-refractivity contribution in [3.8, 4) is 0 Å². The molecular weight excluding hydrogens is 325 g/mol. The second-order valence-corrected chi connectivity index (χ2v) is 5.44. The summed E-state index contributed by atoms with van der Waals surface area (Å²) in [6, 6.07) is -0.639. The molecule has 1 heterocycles. The second kappa shape index (κ2) is 7.11. The van der Waals surface area contributed by atoms with Crippen molar-refractivity contribution < 1.29 is 29.3 Å². The van der Waals surface area contributed by atoms with Crippen molar-refractivity contribution >= 4 is 41.0 Å². The molecule has 7 nitrogen and oxygen atoms in total. The summed E-state index contributed by atoms with van der Waals surface area (Å²) in [6.07, 6.45) is -1.00. The largest absolute Gasteiger partial charge is 0.480 e. The molecule has 118 valence electrons. The van der Waals surface area contributed by atoms with Gasteiger partial charge in [0.1, 0.15) is 11.6 Å². The number of hydrogen-bond donors (Lipinski definition) is 2. The maximum absolute atomic E-state index is 11.8. The van der Waals surface area contributed by atoms with Crippen molar-refractivity contribution in [1.29, 1.82) is 0 Å².